The summed E-state index contributed by atoms with van der Waals surface area (Å²) < 4.78 is 17.0. The van der Waals surface area contributed by atoms with Crippen LogP contribution in [0.5, 0.6) is 0 Å². The fraction of sp³-hybridized carbons (Fsp3) is 0.471. The molecule has 0 bridgehead atoms. The summed E-state index contributed by atoms with van der Waals surface area (Å²) in [6.45, 7) is 6.42. The Hall–Kier alpha value is -2.06. The molecule has 0 heterocycles. The van der Waals surface area contributed by atoms with Gasteiger partial charge < -0.3 is 19.7 Å². The number of carbonyl (C=O) groups excluding carboxylic acids is 2. The van der Waals surface area contributed by atoms with Crippen LogP contribution in [-0.4, -0.2) is 44.9 Å². The van der Waals surface area contributed by atoms with E-state index >= 15 is 0 Å². The average Bonchev–Trinajstić information content (AvgIpc) is 2.44. The molecule has 0 spiro atoms. The summed E-state index contributed by atoms with van der Waals surface area (Å²) in [5.74, 6) is -1.41. The van der Waals surface area contributed by atoms with Crippen molar-refractivity contribution < 1.29 is 28.8 Å². The minimum absolute atomic E-state index is 0.0498. The number of hydrogen-bond acceptors (Lipinski definition) is 5. The second kappa shape index (κ2) is 8.87. The average molecular weight is 369 g/mol. The maximum atomic E-state index is 11.9. The van der Waals surface area contributed by atoms with Gasteiger partial charge in [-0.3, -0.25) is 4.79 Å². The van der Waals surface area contributed by atoms with Gasteiger partial charge in [0.15, 0.2) is 16.4 Å². The lowest BCUT2D eigenvalue weighted by molar-refractivity contribution is -0.139. The van der Waals surface area contributed by atoms with E-state index in [1.54, 1.807) is 45.0 Å². The molecule has 0 aliphatic rings. The number of hydrogen-bond donors (Lipinski definition) is 2. The van der Waals surface area contributed by atoms with Crippen molar-refractivity contribution >= 4 is 29.0 Å². The van der Waals surface area contributed by atoms with Gasteiger partial charge in [-0.05, 0) is 56.6 Å². The molecule has 25 heavy (non-hydrogen) atoms. The van der Waals surface area contributed by atoms with Crippen LogP contribution >= 0.6 is 0 Å². The summed E-state index contributed by atoms with van der Waals surface area (Å²) in [6, 6.07) is 5.27. The number of rotatable bonds is 7. The number of amides is 1. The van der Waals surface area contributed by atoms with Gasteiger partial charge in [0.25, 0.3) is 0 Å². The van der Waals surface area contributed by atoms with Crippen molar-refractivity contribution in [3.05, 3.63) is 29.8 Å². The first kappa shape index (κ1) is 21.0. The lowest BCUT2D eigenvalue weighted by Gasteiger charge is -2.22. The van der Waals surface area contributed by atoms with Crippen LogP contribution in [0.1, 0.15) is 33.3 Å². The quantitative estimate of drug-likeness (QED) is 0.709. The maximum Gasteiger partial charge on any atom is 0.408 e. The number of nitrogens with one attached hydrogen (secondary N) is 1. The van der Waals surface area contributed by atoms with Crippen molar-refractivity contribution in [2.45, 2.75) is 50.7 Å². The zero-order chi connectivity index (χ0) is 19.2. The highest BCUT2D eigenvalue weighted by Crippen LogP contribution is 2.14. The van der Waals surface area contributed by atoms with E-state index in [4.69, 9.17) is 4.74 Å². The van der Waals surface area contributed by atoms with Crippen molar-refractivity contribution in [2.24, 2.45) is 0 Å². The normalized spacial score (nSPS) is 13.6. The number of aliphatic carboxylic acids is 1. The van der Waals surface area contributed by atoms with Gasteiger partial charge in [-0.25, -0.2) is 9.59 Å². The van der Waals surface area contributed by atoms with Crippen molar-refractivity contribution in [1.29, 1.82) is 0 Å². The summed E-state index contributed by atoms with van der Waals surface area (Å²) in [4.78, 5) is 34.6. The monoisotopic (exact) mass is 369 g/mol. The summed E-state index contributed by atoms with van der Waals surface area (Å²) >= 11 is -1.42. The molecule has 0 aliphatic carbocycles. The molecule has 0 aliphatic heterocycles. The molecular formula is C17H23NO6S. The lowest BCUT2D eigenvalue weighted by atomic mass is 10.1. The lowest BCUT2D eigenvalue weighted by Crippen LogP contribution is -2.44. The Morgan fingerprint density at radius 3 is 2.24 bits per heavy atom. The Bertz CT molecular complexity index is 623. The summed E-state index contributed by atoms with van der Waals surface area (Å²) in [7, 11) is 0. The number of carboxylic acid groups (broad SMARTS) is 1. The van der Waals surface area contributed by atoms with E-state index in [0.29, 0.717) is 10.5 Å². The number of benzene rings is 1. The van der Waals surface area contributed by atoms with E-state index in [1.807, 2.05) is 0 Å². The van der Waals surface area contributed by atoms with E-state index < -0.39 is 34.9 Å². The predicted octanol–water partition coefficient (Wildman–Crippen LogP) is 1.90. The van der Waals surface area contributed by atoms with Gasteiger partial charge in [-0.1, -0.05) is 12.1 Å². The Morgan fingerprint density at radius 2 is 1.80 bits per heavy atom. The summed E-state index contributed by atoms with van der Waals surface area (Å²) in [6.07, 6.45) is -0.757. The van der Waals surface area contributed by atoms with Crippen molar-refractivity contribution in [3.63, 3.8) is 0 Å². The van der Waals surface area contributed by atoms with E-state index in [9.17, 15) is 24.0 Å². The van der Waals surface area contributed by atoms with Gasteiger partial charge in [0, 0.05) is 6.42 Å². The molecule has 0 radical (unpaired) electrons. The van der Waals surface area contributed by atoms with Gasteiger partial charge in [0.1, 0.15) is 11.6 Å². The molecule has 1 rings (SSSR count). The van der Waals surface area contributed by atoms with E-state index in [-0.39, 0.29) is 18.0 Å². The zero-order valence-corrected chi connectivity index (χ0v) is 15.5. The molecular weight excluding hydrogens is 346 g/mol. The van der Waals surface area contributed by atoms with Crippen LogP contribution in [0.25, 0.3) is 0 Å². The molecule has 7 nitrogen and oxygen atoms in total. The Labute approximate surface area is 149 Å². The van der Waals surface area contributed by atoms with Crippen molar-refractivity contribution in [1.82, 2.24) is 5.32 Å². The SMILES string of the molecule is CC(=O)C[S+]([O-])c1ccc(CC(NC(=O)OC(C)(C)C)C(=O)O)cc1. The molecule has 0 fully saturated rings. The van der Waals surface area contributed by atoms with Crippen LogP contribution in [-0.2, 0) is 31.9 Å². The predicted molar refractivity (Wildman–Crippen MR) is 92.9 cm³/mol. The van der Waals surface area contributed by atoms with Crippen molar-refractivity contribution in [3.8, 4) is 0 Å². The zero-order valence-electron chi connectivity index (χ0n) is 14.7. The minimum Gasteiger partial charge on any atom is -0.611 e. The molecule has 1 amide bonds. The van der Waals surface area contributed by atoms with E-state index in [2.05, 4.69) is 5.32 Å². The third-order valence-electron chi connectivity index (χ3n) is 2.95. The van der Waals surface area contributed by atoms with Gasteiger partial charge >= 0.3 is 12.1 Å². The Balaban J connectivity index is 2.74. The van der Waals surface area contributed by atoms with Gasteiger partial charge in [0.05, 0.1) is 0 Å². The Morgan fingerprint density at radius 1 is 1.24 bits per heavy atom. The van der Waals surface area contributed by atoms with Crippen LogP contribution in [0.4, 0.5) is 4.79 Å². The third-order valence-corrected chi connectivity index (χ3v) is 4.42. The first-order valence-corrected chi connectivity index (χ1v) is 8.99. The van der Waals surface area contributed by atoms with E-state index in [0.717, 1.165) is 0 Å². The number of ether oxygens (including phenoxy) is 1. The molecule has 2 N–H and O–H groups in total. The molecule has 8 heteroatoms. The molecule has 1 aromatic rings. The molecule has 138 valence electrons. The Kier molecular flexibility index (Phi) is 7.44. The van der Waals surface area contributed by atoms with E-state index in [1.165, 1.54) is 6.92 Å². The molecule has 2 unspecified atom stereocenters. The number of alkyl carbamates (subject to hydrolysis) is 1. The minimum atomic E-state index is -1.42. The molecule has 1 aromatic carbocycles. The molecule has 0 saturated heterocycles. The number of ketones is 1. The van der Waals surface area contributed by atoms with Gasteiger partial charge in [-0.2, -0.15) is 0 Å². The van der Waals surface area contributed by atoms with Crippen LogP contribution in [0.2, 0.25) is 0 Å². The van der Waals surface area contributed by atoms with Crippen LogP contribution in [0, 0.1) is 0 Å². The molecule has 2 atom stereocenters. The summed E-state index contributed by atoms with van der Waals surface area (Å²) in [5, 5.41) is 11.6. The van der Waals surface area contributed by atoms with Crippen LogP contribution in [0.3, 0.4) is 0 Å². The number of carbonyl (C=O) groups is 3. The van der Waals surface area contributed by atoms with Gasteiger partial charge in [0.2, 0.25) is 0 Å². The highest BCUT2D eigenvalue weighted by molar-refractivity contribution is 7.92. The fourth-order valence-corrected chi connectivity index (χ4v) is 2.91. The highest BCUT2D eigenvalue weighted by atomic mass is 32.2. The number of Topliss-reactive ketones (excluding diaryl/α,β-unsaturated/α-hetero) is 1. The van der Waals surface area contributed by atoms with Gasteiger partial charge in [-0.15, -0.1) is 0 Å². The fourth-order valence-electron chi connectivity index (χ4n) is 1.93. The standard InChI is InChI=1S/C17H23NO6S/c1-11(19)10-25(23)13-7-5-12(6-8-13)9-14(15(20)21)18-16(22)24-17(2,3)4/h5-8,14H,9-10H2,1-4H3,(H,18,22)(H,20,21). The smallest absolute Gasteiger partial charge is 0.408 e. The topological polar surface area (TPSA) is 116 Å². The summed E-state index contributed by atoms with van der Waals surface area (Å²) in [5.41, 5.74) is -0.0812. The van der Waals surface area contributed by atoms with Crippen LogP contribution in [0.15, 0.2) is 29.2 Å². The second-order valence-electron chi connectivity index (χ2n) is 6.58. The third kappa shape index (κ3) is 8.04. The first-order chi connectivity index (χ1) is 11.5. The second-order valence-corrected chi connectivity index (χ2v) is 8.03. The molecule has 0 aromatic heterocycles. The van der Waals surface area contributed by atoms with Crippen LogP contribution < -0.4 is 5.32 Å². The highest BCUT2D eigenvalue weighted by Gasteiger charge is 2.24. The van der Waals surface area contributed by atoms with Crippen molar-refractivity contribution in [2.75, 3.05) is 5.75 Å². The first-order valence-electron chi connectivity index (χ1n) is 7.67. The maximum absolute atomic E-state index is 11.9. The molecule has 0 saturated carbocycles. The largest absolute Gasteiger partial charge is 0.611 e. The number of carboxylic acids is 1.